The number of aromatic nitrogens is 2. The lowest BCUT2D eigenvalue weighted by atomic mass is 10.0. The van der Waals surface area contributed by atoms with E-state index in [0.29, 0.717) is 22.5 Å². The third-order valence-electron chi connectivity index (χ3n) is 6.08. The maximum atomic E-state index is 13.0. The van der Waals surface area contributed by atoms with Crippen LogP contribution in [0.5, 0.6) is 0 Å². The molecule has 176 valence electrons. The van der Waals surface area contributed by atoms with E-state index in [0.717, 1.165) is 16.5 Å². The molecule has 0 saturated carbocycles. The molecule has 0 spiro atoms. The fraction of sp³-hybridized carbons (Fsp3) is 0.269. The molecule has 0 unspecified atom stereocenters. The number of fused-ring (bicyclic) bond motifs is 1. The molecule has 0 bridgehead atoms. The summed E-state index contributed by atoms with van der Waals surface area (Å²) in [4.78, 5) is 38.3. The van der Waals surface area contributed by atoms with Gasteiger partial charge >= 0.3 is 5.97 Å². The Hall–Kier alpha value is -4.07. The number of esters is 1. The van der Waals surface area contributed by atoms with E-state index in [2.05, 4.69) is 5.32 Å². The van der Waals surface area contributed by atoms with E-state index in [9.17, 15) is 14.4 Å². The van der Waals surface area contributed by atoms with E-state index in [1.54, 1.807) is 30.8 Å². The van der Waals surface area contributed by atoms with Crippen molar-refractivity contribution in [2.75, 3.05) is 5.32 Å². The number of aryl methyl sites for hydroxylation is 2. The predicted octanol–water partition coefficient (Wildman–Crippen LogP) is 3.96. The summed E-state index contributed by atoms with van der Waals surface area (Å²) in [7, 11) is 1.74. The number of nitrogens with one attached hydrogen (secondary N) is 1. The Morgan fingerprint density at radius 2 is 1.76 bits per heavy atom. The second-order valence-electron chi connectivity index (χ2n) is 8.43. The average Bonchev–Trinajstić information content (AvgIpc) is 3.27. The largest absolute Gasteiger partial charge is 0.464 e. The van der Waals surface area contributed by atoms with Crippen molar-refractivity contribution in [1.29, 1.82) is 0 Å². The van der Waals surface area contributed by atoms with Gasteiger partial charge in [0.1, 0.15) is 11.3 Å². The lowest BCUT2D eigenvalue weighted by Gasteiger charge is -2.13. The minimum Gasteiger partial charge on any atom is -0.464 e. The maximum absolute atomic E-state index is 13.0. The first kappa shape index (κ1) is 23.1. The van der Waals surface area contributed by atoms with Crippen LogP contribution in [0.3, 0.4) is 0 Å². The highest BCUT2D eigenvalue weighted by Gasteiger charge is 2.24. The van der Waals surface area contributed by atoms with Gasteiger partial charge in [0.05, 0.1) is 24.1 Å². The minimum absolute atomic E-state index is 0.0295. The maximum Gasteiger partial charge on any atom is 0.311 e. The van der Waals surface area contributed by atoms with Crippen LogP contribution in [-0.4, -0.2) is 27.3 Å². The van der Waals surface area contributed by atoms with Gasteiger partial charge in [0, 0.05) is 18.0 Å². The number of ether oxygens (including phenoxy) is 1. The smallest absolute Gasteiger partial charge is 0.311 e. The van der Waals surface area contributed by atoms with Crippen LogP contribution in [-0.2, 0) is 27.8 Å². The molecule has 0 aliphatic rings. The number of hydrogen-bond acceptors (Lipinski definition) is 5. The second-order valence-corrected chi connectivity index (χ2v) is 8.43. The first-order valence-corrected chi connectivity index (χ1v) is 11.0. The SMILES string of the molecule is Cc1cc2occ(CC(=O)O[C@@H](C)C(=O)Nc3c(C)n(C)n(-c4ccccc4)c3=O)c2cc1C. The summed E-state index contributed by atoms with van der Waals surface area (Å²) >= 11 is 0. The van der Waals surface area contributed by atoms with Gasteiger partial charge in [-0.1, -0.05) is 18.2 Å². The molecule has 34 heavy (non-hydrogen) atoms. The van der Waals surface area contributed by atoms with Crippen molar-refractivity contribution in [1.82, 2.24) is 9.36 Å². The zero-order chi connectivity index (χ0) is 24.6. The Morgan fingerprint density at radius 3 is 2.47 bits per heavy atom. The van der Waals surface area contributed by atoms with Crippen LogP contribution >= 0.6 is 0 Å². The number of rotatable bonds is 6. The molecule has 2 aromatic heterocycles. The van der Waals surface area contributed by atoms with Crippen molar-refractivity contribution in [3.8, 4) is 5.69 Å². The lowest BCUT2D eigenvalue weighted by Crippen LogP contribution is -2.32. The molecule has 0 radical (unpaired) electrons. The minimum atomic E-state index is -1.08. The summed E-state index contributed by atoms with van der Waals surface area (Å²) in [5.74, 6) is -1.14. The second kappa shape index (κ2) is 9.05. The van der Waals surface area contributed by atoms with Gasteiger partial charge in [-0.2, -0.15) is 0 Å². The molecule has 0 saturated heterocycles. The number of carbonyl (C=O) groups excluding carboxylic acids is 2. The molecule has 0 fully saturated rings. The fourth-order valence-corrected chi connectivity index (χ4v) is 3.86. The summed E-state index contributed by atoms with van der Waals surface area (Å²) in [5, 5.41) is 3.47. The number of amides is 1. The Kier molecular flexibility index (Phi) is 6.15. The summed E-state index contributed by atoms with van der Waals surface area (Å²) in [5.41, 5.74) is 4.62. The standard InChI is InChI=1S/C26H27N3O5/c1-15-11-21-19(14-33-22(21)12-16(15)2)13-23(30)34-18(4)25(31)27-24-17(3)28(5)29(26(24)32)20-9-7-6-8-10-20/h6-12,14,18H,13H2,1-5H3,(H,27,31)/t18-/m0/s1. The molecule has 1 N–H and O–H groups in total. The number of nitrogens with zero attached hydrogens (tertiary/aromatic N) is 2. The summed E-state index contributed by atoms with van der Waals surface area (Å²) < 4.78 is 14.1. The van der Waals surface area contributed by atoms with Crippen LogP contribution in [0.25, 0.3) is 16.7 Å². The highest BCUT2D eigenvalue weighted by molar-refractivity contribution is 5.96. The molecule has 2 aromatic carbocycles. The van der Waals surface area contributed by atoms with Crippen LogP contribution in [0.2, 0.25) is 0 Å². The van der Waals surface area contributed by atoms with Crippen molar-refractivity contribution < 1.29 is 18.7 Å². The van der Waals surface area contributed by atoms with Crippen molar-refractivity contribution in [2.45, 2.75) is 40.2 Å². The molecular weight excluding hydrogens is 434 g/mol. The first-order chi connectivity index (χ1) is 16.2. The van der Waals surface area contributed by atoms with E-state index in [1.165, 1.54) is 17.9 Å². The van der Waals surface area contributed by atoms with Crippen molar-refractivity contribution in [2.24, 2.45) is 7.05 Å². The summed E-state index contributed by atoms with van der Waals surface area (Å²) in [6.07, 6.45) is 0.423. The molecule has 4 aromatic rings. The van der Waals surface area contributed by atoms with Crippen LogP contribution in [0.1, 0.15) is 29.3 Å². The third kappa shape index (κ3) is 4.26. The number of para-hydroxylation sites is 1. The number of carbonyl (C=O) groups is 2. The Bertz CT molecular complexity index is 1440. The molecule has 4 rings (SSSR count). The molecule has 0 aliphatic carbocycles. The van der Waals surface area contributed by atoms with Gasteiger partial charge in [-0.15, -0.1) is 0 Å². The molecule has 8 heteroatoms. The van der Waals surface area contributed by atoms with E-state index in [1.807, 2.05) is 44.2 Å². The Labute approximate surface area is 196 Å². The highest BCUT2D eigenvalue weighted by atomic mass is 16.5. The zero-order valence-electron chi connectivity index (χ0n) is 19.8. The predicted molar refractivity (Wildman–Crippen MR) is 129 cm³/mol. The molecular formula is C26H27N3O5. The van der Waals surface area contributed by atoms with Gasteiger partial charge in [0.25, 0.3) is 11.5 Å². The van der Waals surface area contributed by atoms with Crippen LogP contribution in [0, 0.1) is 20.8 Å². The van der Waals surface area contributed by atoms with Crippen molar-refractivity contribution >= 4 is 28.5 Å². The Morgan fingerprint density at radius 1 is 1.09 bits per heavy atom. The molecule has 2 heterocycles. The van der Waals surface area contributed by atoms with Crippen LogP contribution in [0.4, 0.5) is 5.69 Å². The quantitative estimate of drug-likeness (QED) is 0.439. The van der Waals surface area contributed by atoms with Crippen LogP contribution in [0.15, 0.2) is 57.9 Å². The normalized spacial score (nSPS) is 12.0. The van der Waals surface area contributed by atoms with Gasteiger partial charge in [-0.05, 0) is 63.1 Å². The Balaban J connectivity index is 1.46. The topological polar surface area (TPSA) is 95.5 Å². The first-order valence-electron chi connectivity index (χ1n) is 11.0. The van der Waals surface area contributed by atoms with E-state index in [4.69, 9.17) is 9.15 Å². The van der Waals surface area contributed by atoms with E-state index in [-0.39, 0.29) is 17.7 Å². The number of benzene rings is 2. The number of hydrogen-bond donors (Lipinski definition) is 1. The average molecular weight is 462 g/mol. The van der Waals surface area contributed by atoms with Crippen LogP contribution < -0.4 is 10.9 Å². The van der Waals surface area contributed by atoms with Gasteiger partial charge in [-0.25, -0.2) is 4.68 Å². The van der Waals surface area contributed by atoms with E-state index >= 15 is 0 Å². The highest BCUT2D eigenvalue weighted by Crippen LogP contribution is 2.25. The molecule has 0 aliphatic heterocycles. The van der Waals surface area contributed by atoms with Gasteiger partial charge in [-0.3, -0.25) is 19.1 Å². The van der Waals surface area contributed by atoms with Crippen molar-refractivity contribution in [3.63, 3.8) is 0 Å². The van der Waals surface area contributed by atoms with Gasteiger partial charge in [0.15, 0.2) is 6.10 Å². The zero-order valence-corrected chi connectivity index (χ0v) is 19.8. The molecule has 1 amide bonds. The molecule has 8 nitrogen and oxygen atoms in total. The summed E-state index contributed by atoms with van der Waals surface area (Å²) in [6, 6.07) is 13.0. The molecule has 1 atom stereocenters. The number of furan rings is 1. The third-order valence-corrected chi connectivity index (χ3v) is 6.08. The van der Waals surface area contributed by atoms with Gasteiger partial charge in [0.2, 0.25) is 0 Å². The van der Waals surface area contributed by atoms with Crippen molar-refractivity contribution in [3.05, 3.63) is 81.5 Å². The van der Waals surface area contributed by atoms with Gasteiger partial charge < -0.3 is 14.5 Å². The lowest BCUT2D eigenvalue weighted by molar-refractivity contribution is -0.152. The number of anilines is 1. The van der Waals surface area contributed by atoms with E-state index < -0.39 is 18.0 Å². The summed E-state index contributed by atoms with van der Waals surface area (Å²) in [6.45, 7) is 7.20. The monoisotopic (exact) mass is 461 g/mol. The fourth-order valence-electron chi connectivity index (χ4n) is 3.86.